The molecule has 1 N–H and O–H groups in total. The number of carbonyl (C=O) groups is 1. The zero-order chi connectivity index (χ0) is 19.7. The van der Waals surface area contributed by atoms with Gasteiger partial charge in [0.25, 0.3) is 5.91 Å². The van der Waals surface area contributed by atoms with E-state index in [9.17, 15) is 14.0 Å². The number of nitrogens with zero attached hydrogens (tertiary/aromatic N) is 1. The molecule has 2 aromatic heterocycles. The highest BCUT2D eigenvalue weighted by Gasteiger charge is 2.19. The van der Waals surface area contributed by atoms with Crippen LogP contribution >= 0.6 is 0 Å². The Bertz CT molecular complexity index is 1250. The minimum atomic E-state index is -0.654. The van der Waals surface area contributed by atoms with Gasteiger partial charge >= 0.3 is 0 Å². The lowest BCUT2D eigenvalue weighted by molar-refractivity contribution is 0.102. The average Bonchev–Trinajstić information content (AvgIpc) is 2.72. The molecule has 28 heavy (non-hydrogen) atoms. The fourth-order valence-electron chi connectivity index (χ4n) is 3.02. The van der Waals surface area contributed by atoms with Gasteiger partial charge in [-0.25, -0.2) is 4.39 Å². The van der Waals surface area contributed by atoms with Gasteiger partial charge in [0.2, 0.25) is 0 Å². The van der Waals surface area contributed by atoms with E-state index in [4.69, 9.17) is 4.42 Å². The molecular formula is C22H15FN2O3. The van der Waals surface area contributed by atoms with Crippen LogP contribution in [0, 0.1) is 12.7 Å². The third-order valence-electron chi connectivity index (χ3n) is 4.45. The fourth-order valence-corrected chi connectivity index (χ4v) is 3.02. The Hall–Kier alpha value is -3.80. The molecule has 0 aliphatic rings. The van der Waals surface area contributed by atoms with Crippen molar-refractivity contribution in [2.24, 2.45) is 0 Å². The van der Waals surface area contributed by atoms with Crippen LogP contribution in [0.4, 0.5) is 10.1 Å². The molecular weight excluding hydrogens is 359 g/mol. The summed E-state index contributed by atoms with van der Waals surface area (Å²) in [7, 11) is 0. The van der Waals surface area contributed by atoms with Crippen molar-refractivity contribution >= 4 is 22.6 Å². The lowest BCUT2D eigenvalue weighted by Crippen LogP contribution is -2.15. The van der Waals surface area contributed by atoms with Crippen LogP contribution in [0.1, 0.15) is 15.9 Å². The molecule has 5 nitrogen and oxygen atoms in total. The first-order valence-corrected chi connectivity index (χ1v) is 8.59. The first-order valence-electron chi connectivity index (χ1n) is 8.59. The van der Waals surface area contributed by atoms with Crippen LogP contribution < -0.4 is 10.7 Å². The number of fused-ring (bicyclic) bond motifs is 1. The molecule has 138 valence electrons. The molecule has 0 saturated carbocycles. The number of rotatable bonds is 3. The van der Waals surface area contributed by atoms with Crippen molar-refractivity contribution in [2.75, 3.05) is 5.32 Å². The van der Waals surface area contributed by atoms with Gasteiger partial charge in [-0.3, -0.25) is 14.6 Å². The predicted octanol–water partition coefficient (Wildman–Crippen LogP) is 4.55. The molecule has 0 aliphatic heterocycles. The van der Waals surface area contributed by atoms with Crippen LogP contribution in [0.15, 0.2) is 76.2 Å². The molecule has 0 aliphatic carbocycles. The molecule has 2 aromatic carbocycles. The fraction of sp³-hybridized carbons (Fsp3) is 0.0455. The van der Waals surface area contributed by atoms with Gasteiger partial charge in [-0.05, 0) is 25.1 Å². The molecule has 0 unspecified atom stereocenters. The maximum Gasteiger partial charge on any atom is 0.259 e. The number of hydrogen-bond acceptors (Lipinski definition) is 4. The third-order valence-corrected chi connectivity index (χ3v) is 4.45. The van der Waals surface area contributed by atoms with Gasteiger partial charge in [0.15, 0.2) is 16.8 Å². The van der Waals surface area contributed by atoms with Crippen molar-refractivity contribution in [1.82, 2.24) is 4.98 Å². The molecule has 1 amide bonds. The SMILES string of the molecule is Cc1c(-c2ccccc2)oc2c(C(=O)Nc3ccncc3F)cccc2c1=O. The first-order chi connectivity index (χ1) is 13.6. The minimum absolute atomic E-state index is 0.00487. The maximum absolute atomic E-state index is 13.8. The normalized spacial score (nSPS) is 10.8. The van der Waals surface area contributed by atoms with Gasteiger partial charge in [0, 0.05) is 17.3 Å². The number of benzene rings is 2. The Morgan fingerprint density at radius 3 is 2.61 bits per heavy atom. The van der Waals surface area contributed by atoms with E-state index >= 15 is 0 Å². The van der Waals surface area contributed by atoms with E-state index in [1.54, 1.807) is 19.1 Å². The van der Waals surface area contributed by atoms with E-state index in [0.717, 1.165) is 11.8 Å². The van der Waals surface area contributed by atoms with E-state index in [0.29, 0.717) is 16.7 Å². The highest BCUT2D eigenvalue weighted by atomic mass is 19.1. The number of halogens is 1. The van der Waals surface area contributed by atoms with E-state index < -0.39 is 11.7 Å². The number of anilines is 1. The van der Waals surface area contributed by atoms with Gasteiger partial charge in [0.05, 0.1) is 22.8 Å². The van der Waals surface area contributed by atoms with E-state index in [1.165, 1.54) is 18.3 Å². The molecule has 0 saturated heterocycles. The molecule has 4 rings (SSSR count). The molecule has 0 spiro atoms. The van der Waals surface area contributed by atoms with Crippen LogP contribution in [-0.4, -0.2) is 10.9 Å². The van der Waals surface area contributed by atoms with Crippen molar-refractivity contribution in [2.45, 2.75) is 6.92 Å². The lowest BCUT2D eigenvalue weighted by Gasteiger charge is -2.11. The number of hydrogen-bond donors (Lipinski definition) is 1. The number of nitrogens with one attached hydrogen (secondary N) is 1. The monoisotopic (exact) mass is 374 g/mol. The second-order valence-electron chi connectivity index (χ2n) is 6.24. The van der Waals surface area contributed by atoms with Crippen LogP contribution in [0.3, 0.4) is 0 Å². The summed E-state index contributed by atoms with van der Waals surface area (Å²) in [4.78, 5) is 29.3. The zero-order valence-electron chi connectivity index (χ0n) is 14.9. The van der Waals surface area contributed by atoms with Gasteiger partial charge in [-0.2, -0.15) is 0 Å². The standard InChI is InChI=1S/C22H15FN2O3/c1-13-19(26)15-8-5-9-16(22(27)25-18-10-11-24-12-17(18)23)21(15)28-20(13)14-6-3-2-4-7-14/h2-12H,1H3,(H,24,25,27). The first kappa shape index (κ1) is 17.6. The second kappa shape index (κ2) is 7.08. The van der Waals surface area contributed by atoms with Crippen molar-refractivity contribution in [3.8, 4) is 11.3 Å². The van der Waals surface area contributed by atoms with E-state index in [-0.39, 0.29) is 22.3 Å². The summed E-state index contributed by atoms with van der Waals surface area (Å²) < 4.78 is 19.8. The highest BCUT2D eigenvalue weighted by molar-refractivity contribution is 6.11. The van der Waals surface area contributed by atoms with Crippen LogP contribution in [0.5, 0.6) is 0 Å². The Morgan fingerprint density at radius 1 is 1.07 bits per heavy atom. The van der Waals surface area contributed by atoms with Crippen molar-refractivity contribution in [3.63, 3.8) is 0 Å². The van der Waals surface area contributed by atoms with Gasteiger partial charge in [-0.1, -0.05) is 36.4 Å². The topological polar surface area (TPSA) is 72.2 Å². The summed E-state index contributed by atoms with van der Waals surface area (Å²) in [5.74, 6) is -0.839. The molecule has 6 heteroatoms. The highest BCUT2D eigenvalue weighted by Crippen LogP contribution is 2.27. The summed E-state index contributed by atoms with van der Waals surface area (Å²) in [5.41, 5.74) is 1.26. The largest absolute Gasteiger partial charge is 0.455 e. The van der Waals surface area contributed by atoms with Crippen molar-refractivity contribution in [3.05, 3.63) is 94.2 Å². The quantitative estimate of drug-likeness (QED) is 0.571. The predicted molar refractivity (Wildman–Crippen MR) is 105 cm³/mol. The van der Waals surface area contributed by atoms with Gasteiger partial charge in [0.1, 0.15) is 5.76 Å². The van der Waals surface area contributed by atoms with Crippen molar-refractivity contribution in [1.29, 1.82) is 0 Å². The van der Waals surface area contributed by atoms with Gasteiger partial charge < -0.3 is 9.73 Å². The summed E-state index contributed by atoms with van der Waals surface area (Å²) in [6.07, 6.45) is 2.38. The second-order valence-corrected chi connectivity index (χ2v) is 6.24. The third kappa shape index (κ3) is 3.05. The lowest BCUT2D eigenvalue weighted by atomic mass is 10.0. The Morgan fingerprint density at radius 2 is 1.86 bits per heavy atom. The van der Waals surface area contributed by atoms with Crippen molar-refractivity contribution < 1.29 is 13.6 Å². The molecule has 0 radical (unpaired) electrons. The molecule has 4 aromatic rings. The van der Waals surface area contributed by atoms with Crippen LogP contribution in [-0.2, 0) is 0 Å². The molecule has 2 heterocycles. The summed E-state index contributed by atoms with van der Waals surface area (Å²) in [6, 6.07) is 15.3. The number of amides is 1. The van der Waals surface area contributed by atoms with Crippen LogP contribution in [0.25, 0.3) is 22.3 Å². The van der Waals surface area contributed by atoms with Crippen LogP contribution in [0.2, 0.25) is 0 Å². The molecule has 0 atom stereocenters. The minimum Gasteiger partial charge on any atom is -0.455 e. The summed E-state index contributed by atoms with van der Waals surface area (Å²) >= 11 is 0. The van der Waals surface area contributed by atoms with E-state index in [1.807, 2.05) is 30.3 Å². The van der Waals surface area contributed by atoms with Gasteiger partial charge in [-0.15, -0.1) is 0 Å². The molecule has 0 fully saturated rings. The number of pyridine rings is 1. The smallest absolute Gasteiger partial charge is 0.259 e. The maximum atomic E-state index is 13.8. The summed E-state index contributed by atoms with van der Waals surface area (Å²) in [6.45, 7) is 1.69. The van der Waals surface area contributed by atoms with E-state index in [2.05, 4.69) is 10.3 Å². The Balaban J connectivity index is 1.88. The number of para-hydroxylation sites is 1. The number of aromatic nitrogens is 1. The summed E-state index contributed by atoms with van der Waals surface area (Å²) in [5, 5.41) is 2.79. The Kier molecular flexibility index (Phi) is 4.45. The Labute approximate surface area is 159 Å². The molecule has 0 bridgehead atoms. The number of carbonyl (C=O) groups excluding carboxylic acids is 1. The average molecular weight is 374 g/mol. The zero-order valence-corrected chi connectivity index (χ0v) is 14.9.